The zero-order valence-corrected chi connectivity index (χ0v) is 25.7. The maximum atomic E-state index is 14.7. The van der Waals surface area contributed by atoms with Crippen molar-refractivity contribution in [3.05, 3.63) is 114 Å². The maximum absolute atomic E-state index is 14.7. The maximum Gasteiger partial charge on any atom is 0.410 e. The quantitative estimate of drug-likeness (QED) is 0.245. The minimum atomic E-state index is -0.235. The summed E-state index contributed by atoms with van der Waals surface area (Å²) >= 11 is 0. The van der Waals surface area contributed by atoms with Gasteiger partial charge in [0.05, 0.1) is 30.6 Å². The van der Waals surface area contributed by atoms with Gasteiger partial charge in [0.1, 0.15) is 6.61 Å². The number of imidazole rings is 1. The number of amides is 2. The van der Waals surface area contributed by atoms with Crippen molar-refractivity contribution in [2.45, 2.75) is 56.8 Å². The number of nitrogens with zero attached hydrogens (tertiary/aromatic N) is 5. The van der Waals surface area contributed by atoms with Crippen LogP contribution < -0.4 is 0 Å². The molecule has 3 aromatic carbocycles. The molecule has 0 radical (unpaired) electrons. The Morgan fingerprint density at radius 1 is 0.800 bits per heavy atom. The number of hydrogen-bond acceptors (Lipinski definition) is 5. The van der Waals surface area contributed by atoms with Gasteiger partial charge < -0.3 is 14.2 Å². The number of cyclic esters (lactones) is 1. The number of hydrogen-bond donors (Lipinski definition) is 0. The highest BCUT2D eigenvalue weighted by atomic mass is 16.6. The predicted octanol–water partition coefficient (Wildman–Crippen LogP) is 6.06. The number of carbonyl (C=O) groups excluding carboxylic acids is 2. The molecule has 0 N–H and O–H groups in total. The second kappa shape index (κ2) is 13.3. The molecule has 0 bridgehead atoms. The smallest absolute Gasteiger partial charge is 0.410 e. The van der Waals surface area contributed by atoms with Crippen LogP contribution in [0.1, 0.15) is 53.3 Å². The van der Waals surface area contributed by atoms with Crippen molar-refractivity contribution in [3.8, 4) is 11.3 Å². The highest BCUT2D eigenvalue weighted by Gasteiger charge is 2.40. The van der Waals surface area contributed by atoms with Crippen molar-refractivity contribution in [2.24, 2.45) is 0 Å². The van der Waals surface area contributed by atoms with Crippen LogP contribution >= 0.6 is 0 Å². The van der Waals surface area contributed by atoms with Gasteiger partial charge in [-0.25, -0.2) is 9.78 Å². The Balaban J connectivity index is 1.22. The lowest BCUT2D eigenvalue weighted by atomic mass is 9.88. The summed E-state index contributed by atoms with van der Waals surface area (Å²) in [6, 6.07) is 31.2. The molecule has 3 heterocycles. The molecule has 8 heteroatoms. The normalized spacial score (nSPS) is 22.4. The minimum Gasteiger partial charge on any atom is -0.448 e. The van der Waals surface area contributed by atoms with Crippen LogP contribution in [0.3, 0.4) is 0 Å². The topological polar surface area (TPSA) is 70.9 Å². The second-order valence-electron chi connectivity index (χ2n) is 12.5. The average molecular weight is 604 g/mol. The zero-order chi connectivity index (χ0) is 30.6. The third-order valence-electron chi connectivity index (χ3n) is 9.68. The van der Waals surface area contributed by atoms with E-state index in [1.165, 1.54) is 11.1 Å². The first kappa shape index (κ1) is 29.3. The molecule has 3 fully saturated rings. The fourth-order valence-corrected chi connectivity index (χ4v) is 7.51. The van der Waals surface area contributed by atoms with Crippen LogP contribution in [0.2, 0.25) is 0 Å². The van der Waals surface area contributed by atoms with Gasteiger partial charge in [0.2, 0.25) is 0 Å². The molecule has 1 saturated carbocycles. The summed E-state index contributed by atoms with van der Waals surface area (Å²) in [4.78, 5) is 38.6. The molecule has 8 nitrogen and oxygen atoms in total. The molecule has 2 saturated heterocycles. The molecular weight excluding hydrogens is 562 g/mol. The highest BCUT2D eigenvalue weighted by molar-refractivity contribution is 5.98. The molecule has 1 aromatic heterocycles. The van der Waals surface area contributed by atoms with E-state index in [2.05, 4.69) is 75.0 Å². The molecular formula is C37H41N5O3. The molecule has 2 amide bonds. The molecule has 45 heavy (non-hydrogen) atoms. The van der Waals surface area contributed by atoms with E-state index in [4.69, 9.17) is 9.72 Å². The summed E-state index contributed by atoms with van der Waals surface area (Å²) in [5.41, 5.74) is 4.80. The SMILES string of the molecule is O=C(c1ncn([C@H]2CCCC[C@@H]2N2CCOC2=O)c1-c1ccccc1)N1CCN(Cc2ccccc2)C[C@H]1Cc1ccccc1. The van der Waals surface area contributed by atoms with Crippen molar-refractivity contribution in [1.82, 2.24) is 24.3 Å². The van der Waals surface area contributed by atoms with E-state index in [0.29, 0.717) is 25.4 Å². The average Bonchev–Trinajstić information content (AvgIpc) is 3.72. The molecule has 3 atom stereocenters. The third kappa shape index (κ3) is 6.25. The van der Waals surface area contributed by atoms with Crippen LogP contribution in [-0.2, 0) is 17.7 Å². The van der Waals surface area contributed by atoms with E-state index >= 15 is 0 Å². The molecule has 3 aliphatic rings. The molecule has 0 unspecified atom stereocenters. The summed E-state index contributed by atoms with van der Waals surface area (Å²) < 4.78 is 7.53. The van der Waals surface area contributed by atoms with Gasteiger partial charge in [0.25, 0.3) is 5.91 Å². The Morgan fingerprint density at radius 3 is 2.16 bits per heavy atom. The van der Waals surface area contributed by atoms with Crippen LogP contribution in [-0.4, -0.2) is 81.1 Å². The predicted molar refractivity (Wildman–Crippen MR) is 174 cm³/mol. The summed E-state index contributed by atoms with van der Waals surface area (Å²) in [7, 11) is 0. The summed E-state index contributed by atoms with van der Waals surface area (Å²) in [5.74, 6) is -0.0270. The van der Waals surface area contributed by atoms with Gasteiger partial charge in [0.15, 0.2) is 5.69 Å². The van der Waals surface area contributed by atoms with Crippen LogP contribution in [0.25, 0.3) is 11.3 Å². The van der Waals surface area contributed by atoms with Gasteiger partial charge in [-0.2, -0.15) is 0 Å². The van der Waals surface area contributed by atoms with Crippen molar-refractivity contribution in [3.63, 3.8) is 0 Å². The fourth-order valence-electron chi connectivity index (χ4n) is 7.51. The molecule has 1 aliphatic carbocycles. The Hall–Kier alpha value is -4.43. The number of ether oxygens (including phenoxy) is 1. The largest absolute Gasteiger partial charge is 0.448 e. The standard InChI is InChI=1S/C37H41N5O3/c43-36(40-21-20-39(25-29-14-6-2-7-15-29)26-31(40)24-28-12-4-1-5-13-28)34-35(30-16-8-3-9-17-30)42(27-38-34)33-19-11-10-18-32(33)41-22-23-45-37(41)44/h1-9,12-17,27,31-33H,10-11,18-26H2/t31-,32+,33+/m1/s1. The van der Waals surface area contributed by atoms with Crippen molar-refractivity contribution in [2.75, 3.05) is 32.8 Å². The summed E-state index contributed by atoms with van der Waals surface area (Å²) in [6.45, 7) is 4.12. The van der Waals surface area contributed by atoms with Crippen molar-refractivity contribution in [1.29, 1.82) is 0 Å². The van der Waals surface area contributed by atoms with E-state index in [0.717, 1.165) is 63.0 Å². The van der Waals surface area contributed by atoms with E-state index in [1.807, 2.05) is 41.6 Å². The van der Waals surface area contributed by atoms with Gasteiger partial charge in [-0.15, -0.1) is 0 Å². The lowest BCUT2D eigenvalue weighted by Gasteiger charge is -2.41. The Labute approximate surface area is 265 Å². The third-order valence-corrected chi connectivity index (χ3v) is 9.68. The van der Waals surface area contributed by atoms with E-state index < -0.39 is 0 Å². The number of rotatable bonds is 8. The first-order valence-electron chi connectivity index (χ1n) is 16.3. The summed E-state index contributed by atoms with van der Waals surface area (Å²) in [5, 5.41) is 0. The van der Waals surface area contributed by atoms with Gasteiger partial charge in [-0.05, 0) is 30.4 Å². The monoisotopic (exact) mass is 603 g/mol. The van der Waals surface area contributed by atoms with Gasteiger partial charge in [0, 0.05) is 37.8 Å². The lowest BCUT2D eigenvalue weighted by molar-refractivity contribution is 0.0434. The van der Waals surface area contributed by atoms with Crippen LogP contribution in [0.5, 0.6) is 0 Å². The molecule has 0 spiro atoms. The van der Waals surface area contributed by atoms with Crippen molar-refractivity contribution < 1.29 is 14.3 Å². The van der Waals surface area contributed by atoms with E-state index in [-0.39, 0.29) is 30.1 Å². The number of aromatic nitrogens is 2. The number of carbonyl (C=O) groups is 2. The minimum absolute atomic E-state index is 0.00735. The number of piperazine rings is 1. The molecule has 232 valence electrons. The second-order valence-corrected chi connectivity index (χ2v) is 12.5. The van der Waals surface area contributed by atoms with Crippen molar-refractivity contribution >= 4 is 12.0 Å². The van der Waals surface area contributed by atoms with Crippen LogP contribution in [0.4, 0.5) is 4.79 Å². The Bertz CT molecular complexity index is 1590. The van der Waals surface area contributed by atoms with Gasteiger partial charge >= 0.3 is 6.09 Å². The zero-order valence-electron chi connectivity index (χ0n) is 25.7. The Kier molecular flexibility index (Phi) is 8.65. The molecule has 2 aliphatic heterocycles. The van der Waals surface area contributed by atoms with Crippen LogP contribution in [0, 0.1) is 0 Å². The summed E-state index contributed by atoms with van der Waals surface area (Å²) in [6.07, 6.45) is 6.37. The first-order chi connectivity index (χ1) is 22.2. The van der Waals surface area contributed by atoms with E-state index in [1.54, 1.807) is 0 Å². The van der Waals surface area contributed by atoms with Gasteiger partial charge in [-0.1, -0.05) is 104 Å². The first-order valence-corrected chi connectivity index (χ1v) is 16.3. The fraction of sp³-hybridized carbons (Fsp3) is 0.378. The highest BCUT2D eigenvalue weighted by Crippen LogP contribution is 2.38. The van der Waals surface area contributed by atoms with E-state index in [9.17, 15) is 9.59 Å². The Morgan fingerprint density at radius 2 is 1.47 bits per heavy atom. The molecule has 7 rings (SSSR count). The van der Waals surface area contributed by atoms with Crippen LogP contribution in [0.15, 0.2) is 97.3 Å². The van der Waals surface area contributed by atoms with Gasteiger partial charge in [-0.3, -0.25) is 14.6 Å². The molecule has 4 aromatic rings. The lowest BCUT2D eigenvalue weighted by Crippen LogP contribution is -2.55. The number of benzene rings is 3.